The molecule has 2 heterocycles. The summed E-state index contributed by atoms with van der Waals surface area (Å²) in [5.41, 5.74) is 0.977. The van der Waals surface area contributed by atoms with Gasteiger partial charge >= 0.3 is 0 Å². The summed E-state index contributed by atoms with van der Waals surface area (Å²) in [5, 5.41) is 1.96. The standard InChI is InChI=1S/C17H11BrN2OS2/c1-2-9-20-14-7-5-12(18)11-15(14)23-17(20)19-16(21)8-6-13-4-3-10-22-13/h1,3-8,10-11H,9H2/b8-6+,19-17?. The summed E-state index contributed by atoms with van der Waals surface area (Å²) >= 11 is 6.47. The van der Waals surface area contributed by atoms with E-state index in [9.17, 15) is 4.79 Å². The highest BCUT2D eigenvalue weighted by Gasteiger charge is 2.06. The molecule has 3 nitrogen and oxygen atoms in total. The Balaban J connectivity index is 2.02. The van der Waals surface area contributed by atoms with E-state index >= 15 is 0 Å². The third kappa shape index (κ3) is 3.70. The molecule has 0 aliphatic rings. The van der Waals surface area contributed by atoms with Crippen LogP contribution < -0.4 is 4.80 Å². The first-order valence-electron chi connectivity index (χ1n) is 6.70. The predicted octanol–water partition coefficient (Wildman–Crippen LogP) is 4.30. The van der Waals surface area contributed by atoms with Gasteiger partial charge in [-0.2, -0.15) is 4.99 Å². The van der Waals surface area contributed by atoms with Gasteiger partial charge in [0.15, 0.2) is 4.80 Å². The van der Waals surface area contributed by atoms with Gasteiger partial charge in [-0.05, 0) is 35.7 Å². The predicted molar refractivity (Wildman–Crippen MR) is 100 cm³/mol. The lowest BCUT2D eigenvalue weighted by molar-refractivity contribution is -0.113. The molecular formula is C17H11BrN2OS2. The van der Waals surface area contributed by atoms with Gasteiger partial charge in [-0.3, -0.25) is 4.79 Å². The van der Waals surface area contributed by atoms with E-state index in [4.69, 9.17) is 6.42 Å². The second-order valence-corrected chi connectivity index (χ2v) is 7.49. The average Bonchev–Trinajstić information content (AvgIpc) is 3.14. The van der Waals surface area contributed by atoms with E-state index in [0.717, 1.165) is 19.6 Å². The van der Waals surface area contributed by atoms with Crippen LogP contribution in [0.25, 0.3) is 16.3 Å². The van der Waals surface area contributed by atoms with Crippen molar-refractivity contribution in [1.82, 2.24) is 4.57 Å². The summed E-state index contributed by atoms with van der Waals surface area (Å²) in [6.07, 6.45) is 8.70. The lowest BCUT2D eigenvalue weighted by Crippen LogP contribution is -2.15. The van der Waals surface area contributed by atoms with Crippen LogP contribution in [-0.4, -0.2) is 10.5 Å². The highest BCUT2D eigenvalue weighted by molar-refractivity contribution is 9.10. The number of carbonyl (C=O) groups is 1. The maximum atomic E-state index is 12.1. The number of hydrogen-bond donors (Lipinski definition) is 0. The van der Waals surface area contributed by atoms with Gasteiger partial charge in [0.05, 0.1) is 16.8 Å². The molecule has 0 saturated heterocycles. The second kappa shape index (κ2) is 7.09. The first-order valence-corrected chi connectivity index (χ1v) is 9.19. The number of nitrogens with zero attached hydrogens (tertiary/aromatic N) is 2. The Hall–Kier alpha value is -1.94. The normalized spacial score (nSPS) is 12.1. The van der Waals surface area contributed by atoms with Crippen molar-refractivity contribution in [3.8, 4) is 12.3 Å². The monoisotopic (exact) mass is 402 g/mol. The van der Waals surface area contributed by atoms with Crippen molar-refractivity contribution in [2.24, 2.45) is 4.99 Å². The van der Waals surface area contributed by atoms with Crippen molar-refractivity contribution in [2.45, 2.75) is 6.54 Å². The first-order chi connectivity index (χ1) is 11.2. The molecule has 0 radical (unpaired) electrons. The van der Waals surface area contributed by atoms with E-state index in [1.54, 1.807) is 17.4 Å². The van der Waals surface area contributed by atoms with Crippen molar-refractivity contribution >= 4 is 60.8 Å². The molecule has 2 aromatic heterocycles. The Morgan fingerprint density at radius 1 is 1.43 bits per heavy atom. The zero-order valence-corrected chi connectivity index (χ0v) is 15.1. The number of rotatable bonds is 3. The third-order valence-corrected chi connectivity index (χ3v) is 5.41. The SMILES string of the molecule is C#CCn1c(=NC(=O)/C=C/c2cccs2)sc2cc(Br)ccc21. The fourth-order valence-electron chi connectivity index (χ4n) is 2.05. The highest BCUT2D eigenvalue weighted by Crippen LogP contribution is 2.22. The molecule has 0 unspecified atom stereocenters. The molecule has 1 amide bonds. The number of amides is 1. The van der Waals surface area contributed by atoms with Crippen molar-refractivity contribution in [3.05, 3.63) is 55.9 Å². The van der Waals surface area contributed by atoms with Crippen LogP contribution in [0.2, 0.25) is 0 Å². The molecule has 0 spiro atoms. The minimum Gasteiger partial charge on any atom is -0.305 e. The maximum absolute atomic E-state index is 12.1. The van der Waals surface area contributed by atoms with Crippen molar-refractivity contribution in [1.29, 1.82) is 0 Å². The summed E-state index contributed by atoms with van der Waals surface area (Å²) in [6, 6.07) is 9.81. The van der Waals surface area contributed by atoms with E-state index in [2.05, 4.69) is 26.8 Å². The van der Waals surface area contributed by atoms with Crippen LogP contribution in [0.3, 0.4) is 0 Å². The number of halogens is 1. The number of aromatic nitrogens is 1. The Kier molecular flexibility index (Phi) is 4.91. The van der Waals surface area contributed by atoms with E-state index in [1.807, 2.05) is 40.3 Å². The van der Waals surface area contributed by atoms with Crippen LogP contribution in [0.4, 0.5) is 0 Å². The molecule has 0 bridgehead atoms. The van der Waals surface area contributed by atoms with E-state index < -0.39 is 0 Å². The molecule has 3 aromatic rings. The third-order valence-electron chi connectivity index (χ3n) is 3.03. The Bertz CT molecular complexity index is 988. The molecule has 0 fully saturated rings. The average molecular weight is 403 g/mol. The molecule has 1 aromatic carbocycles. The van der Waals surface area contributed by atoms with E-state index in [-0.39, 0.29) is 5.91 Å². The molecule has 0 aliphatic carbocycles. The van der Waals surface area contributed by atoms with Crippen LogP contribution in [0.15, 0.2) is 51.3 Å². The summed E-state index contributed by atoms with van der Waals surface area (Å²) in [5.74, 6) is 2.32. The van der Waals surface area contributed by atoms with Gasteiger partial charge in [-0.1, -0.05) is 39.3 Å². The zero-order chi connectivity index (χ0) is 16.2. The minimum absolute atomic E-state index is 0.296. The smallest absolute Gasteiger partial charge is 0.272 e. The Morgan fingerprint density at radius 2 is 2.30 bits per heavy atom. The highest BCUT2D eigenvalue weighted by atomic mass is 79.9. The van der Waals surface area contributed by atoms with Gasteiger partial charge < -0.3 is 4.57 Å². The molecule has 6 heteroatoms. The molecule has 23 heavy (non-hydrogen) atoms. The van der Waals surface area contributed by atoms with Crippen LogP contribution in [0, 0.1) is 12.3 Å². The van der Waals surface area contributed by atoms with Crippen LogP contribution in [-0.2, 0) is 11.3 Å². The Labute approximate surface area is 149 Å². The topological polar surface area (TPSA) is 34.4 Å². The van der Waals surface area contributed by atoms with Gasteiger partial charge in [0.25, 0.3) is 5.91 Å². The quantitative estimate of drug-likeness (QED) is 0.474. The molecule has 114 valence electrons. The van der Waals surface area contributed by atoms with Crippen LogP contribution >= 0.6 is 38.6 Å². The van der Waals surface area contributed by atoms with Crippen LogP contribution in [0.5, 0.6) is 0 Å². The molecule has 0 atom stereocenters. The van der Waals surface area contributed by atoms with Crippen molar-refractivity contribution < 1.29 is 4.79 Å². The van der Waals surface area contributed by atoms with E-state index in [1.165, 1.54) is 17.4 Å². The van der Waals surface area contributed by atoms with Gasteiger partial charge in [-0.15, -0.1) is 17.8 Å². The number of benzene rings is 1. The minimum atomic E-state index is -0.296. The first kappa shape index (κ1) is 15.9. The van der Waals surface area contributed by atoms with Crippen molar-refractivity contribution in [2.75, 3.05) is 0 Å². The summed E-state index contributed by atoms with van der Waals surface area (Å²) in [4.78, 5) is 17.9. The number of hydrogen-bond acceptors (Lipinski definition) is 3. The van der Waals surface area contributed by atoms with E-state index in [0.29, 0.717) is 11.3 Å². The molecular weight excluding hydrogens is 392 g/mol. The lowest BCUT2D eigenvalue weighted by Gasteiger charge is -1.99. The number of thiophene rings is 1. The lowest BCUT2D eigenvalue weighted by atomic mass is 10.3. The summed E-state index contributed by atoms with van der Waals surface area (Å²) < 4.78 is 3.89. The van der Waals surface area contributed by atoms with Gasteiger partial charge in [-0.25, -0.2) is 0 Å². The molecule has 3 rings (SSSR count). The number of terminal acetylenes is 1. The van der Waals surface area contributed by atoms with Gasteiger partial charge in [0, 0.05) is 15.4 Å². The van der Waals surface area contributed by atoms with Crippen molar-refractivity contribution in [3.63, 3.8) is 0 Å². The number of fused-ring (bicyclic) bond motifs is 1. The second-order valence-electron chi connectivity index (χ2n) is 4.59. The number of carbonyl (C=O) groups excluding carboxylic acids is 1. The van der Waals surface area contributed by atoms with Crippen LogP contribution in [0.1, 0.15) is 4.88 Å². The Morgan fingerprint density at radius 3 is 3.04 bits per heavy atom. The molecule has 0 aliphatic heterocycles. The van der Waals surface area contributed by atoms with Gasteiger partial charge in [0.1, 0.15) is 0 Å². The summed E-state index contributed by atoms with van der Waals surface area (Å²) in [7, 11) is 0. The summed E-state index contributed by atoms with van der Waals surface area (Å²) in [6.45, 7) is 0.377. The van der Waals surface area contributed by atoms with Gasteiger partial charge in [0.2, 0.25) is 0 Å². The zero-order valence-electron chi connectivity index (χ0n) is 11.9. The molecule has 0 saturated carbocycles. The largest absolute Gasteiger partial charge is 0.305 e. The number of thiazole rings is 1. The fourth-order valence-corrected chi connectivity index (χ4v) is 4.25. The fraction of sp³-hybridized carbons (Fsp3) is 0.0588. The molecule has 0 N–H and O–H groups in total. The maximum Gasteiger partial charge on any atom is 0.272 e.